The average Bonchev–Trinajstić information content (AvgIpc) is 2.67. The van der Waals surface area contributed by atoms with Crippen molar-refractivity contribution in [3.8, 4) is 0 Å². The number of hydrogen-bond donors (Lipinski definition) is 3. The van der Waals surface area contributed by atoms with E-state index in [0.717, 1.165) is 17.1 Å². The van der Waals surface area contributed by atoms with E-state index in [0.29, 0.717) is 11.1 Å². The lowest BCUT2D eigenvalue weighted by Gasteiger charge is -2.14. The van der Waals surface area contributed by atoms with E-state index in [1.807, 2.05) is 48.5 Å². The smallest absolute Gasteiger partial charge is 0.207 e. The third-order valence-corrected chi connectivity index (χ3v) is 4.34. The number of thiocarbonyl (C=S) groups is 1. The van der Waals surface area contributed by atoms with Gasteiger partial charge in [0.2, 0.25) is 11.1 Å². The van der Waals surface area contributed by atoms with Gasteiger partial charge in [0.05, 0.1) is 0 Å². The van der Waals surface area contributed by atoms with Crippen LogP contribution in [0.4, 0.5) is 17.1 Å². The summed E-state index contributed by atoms with van der Waals surface area (Å²) in [6.45, 7) is 6.17. The van der Waals surface area contributed by atoms with Crippen molar-refractivity contribution in [1.82, 2.24) is 0 Å². The van der Waals surface area contributed by atoms with Crippen LogP contribution in [0.5, 0.6) is 0 Å². The molecule has 28 heavy (non-hydrogen) atoms. The van der Waals surface area contributed by atoms with Gasteiger partial charge in [0.1, 0.15) is 0 Å². The van der Waals surface area contributed by atoms with Gasteiger partial charge in [-0.3, -0.25) is 0 Å². The van der Waals surface area contributed by atoms with Crippen LogP contribution in [-0.4, -0.2) is 11.1 Å². The zero-order valence-corrected chi connectivity index (χ0v) is 17.1. The minimum absolute atomic E-state index is 0.373. The van der Waals surface area contributed by atoms with Crippen LogP contribution in [0.2, 0.25) is 0 Å². The highest BCUT2D eigenvalue weighted by atomic mass is 32.1. The molecule has 0 aliphatic heterocycles. The maximum atomic E-state index is 5.44. The highest BCUT2D eigenvalue weighted by Gasteiger charge is 2.05. The molecule has 0 aliphatic carbocycles. The average molecular weight is 389 g/mol. The first-order valence-corrected chi connectivity index (χ1v) is 9.52. The van der Waals surface area contributed by atoms with E-state index in [-0.39, 0.29) is 0 Å². The fraction of sp³-hybridized carbons (Fsp3) is 0.130. The molecule has 5 heteroatoms. The molecule has 0 unspecified atom stereocenters. The van der Waals surface area contributed by atoms with Crippen LogP contribution < -0.4 is 16.0 Å². The Morgan fingerprint density at radius 2 is 0.893 bits per heavy atom. The largest absolute Gasteiger partial charge is 0.331 e. The van der Waals surface area contributed by atoms with Gasteiger partial charge in [0.15, 0.2) is 0 Å². The standard InChI is InChI=1S/C23H24N4S/c1-16-4-10-19(11-5-16)24-22(25-20-12-6-17(2)7-13-20)27-23(28)26-21-14-8-18(3)9-15-21/h4-15H,1-3H3,(H3,24,25,26,27,28). The Labute approximate surface area is 171 Å². The number of aryl methyl sites for hydroxylation is 3. The topological polar surface area (TPSA) is 48.5 Å². The molecule has 142 valence electrons. The first kappa shape index (κ1) is 19.6. The van der Waals surface area contributed by atoms with E-state index < -0.39 is 0 Å². The summed E-state index contributed by atoms with van der Waals surface area (Å²) in [6, 6.07) is 24.3. The number of nitrogens with zero attached hydrogens (tertiary/aromatic N) is 1. The van der Waals surface area contributed by atoms with Crippen LogP contribution in [-0.2, 0) is 0 Å². The third kappa shape index (κ3) is 5.93. The van der Waals surface area contributed by atoms with Crippen LogP contribution in [0, 0.1) is 20.8 Å². The highest BCUT2D eigenvalue weighted by molar-refractivity contribution is 7.80. The Morgan fingerprint density at radius 3 is 1.25 bits per heavy atom. The SMILES string of the molecule is Cc1ccc(NC(=S)N=C(Nc2ccc(C)cc2)Nc2ccc(C)cc2)cc1. The number of rotatable bonds is 3. The van der Waals surface area contributed by atoms with Crippen molar-refractivity contribution in [2.75, 3.05) is 16.0 Å². The van der Waals surface area contributed by atoms with Gasteiger partial charge in [0.25, 0.3) is 0 Å². The second-order valence-electron chi connectivity index (χ2n) is 6.74. The number of guanidine groups is 1. The fourth-order valence-corrected chi connectivity index (χ4v) is 2.73. The zero-order valence-electron chi connectivity index (χ0n) is 16.3. The molecular formula is C23H24N4S. The van der Waals surface area contributed by atoms with Crippen LogP contribution >= 0.6 is 12.2 Å². The van der Waals surface area contributed by atoms with Gasteiger partial charge in [-0.05, 0) is 69.4 Å². The minimum atomic E-state index is 0.373. The second-order valence-corrected chi connectivity index (χ2v) is 7.13. The molecule has 3 aromatic carbocycles. The van der Waals surface area contributed by atoms with E-state index in [4.69, 9.17) is 12.2 Å². The monoisotopic (exact) mass is 388 g/mol. The molecule has 0 atom stereocenters. The number of hydrogen-bond acceptors (Lipinski definition) is 1. The summed E-state index contributed by atoms with van der Waals surface area (Å²) in [5.74, 6) is 0.553. The zero-order chi connectivity index (χ0) is 19.9. The molecule has 0 radical (unpaired) electrons. The van der Waals surface area contributed by atoms with Crippen molar-refractivity contribution < 1.29 is 0 Å². The van der Waals surface area contributed by atoms with Gasteiger partial charge >= 0.3 is 0 Å². The maximum absolute atomic E-state index is 5.44. The molecule has 4 nitrogen and oxygen atoms in total. The predicted molar refractivity (Wildman–Crippen MR) is 124 cm³/mol. The number of aliphatic imine (C=N–C) groups is 1. The van der Waals surface area contributed by atoms with Gasteiger partial charge < -0.3 is 16.0 Å². The molecule has 0 heterocycles. The lowest BCUT2D eigenvalue weighted by molar-refractivity contribution is 1.44. The van der Waals surface area contributed by atoms with Crippen molar-refractivity contribution in [3.05, 3.63) is 89.5 Å². The summed E-state index contributed by atoms with van der Waals surface area (Å²) >= 11 is 5.44. The van der Waals surface area contributed by atoms with Gasteiger partial charge in [-0.1, -0.05) is 53.1 Å². The quantitative estimate of drug-likeness (QED) is 0.297. The molecule has 0 fully saturated rings. The van der Waals surface area contributed by atoms with E-state index in [2.05, 4.69) is 66.0 Å². The minimum Gasteiger partial charge on any atom is -0.331 e. The fourth-order valence-electron chi connectivity index (χ4n) is 2.52. The van der Waals surface area contributed by atoms with Crippen LogP contribution in [0.3, 0.4) is 0 Å². The Bertz CT molecular complexity index is 909. The lowest BCUT2D eigenvalue weighted by Crippen LogP contribution is -2.24. The summed E-state index contributed by atoms with van der Waals surface area (Å²) < 4.78 is 0. The highest BCUT2D eigenvalue weighted by Crippen LogP contribution is 2.13. The van der Waals surface area contributed by atoms with Crippen LogP contribution in [0.15, 0.2) is 77.8 Å². The number of anilines is 3. The number of benzene rings is 3. The second kappa shape index (κ2) is 9.15. The van der Waals surface area contributed by atoms with E-state index in [9.17, 15) is 0 Å². The van der Waals surface area contributed by atoms with Crippen molar-refractivity contribution in [1.29, 1.82) is 0 Å². The summed E-state index contributed by atoms with van der Waals surface area (Å²) in [7, 11) is 0. The molecule has 0 amide bonds. The summed E-state index contributed by atoms with van der Waals surface area (Å²) in [5, 5.41) is 10.1. The van der Waals surface area contributed by atoms with Crippen LogP contribution in [0.25, 0.3) is 0 Å². The summed E-state index contributed by atoms with van der Waals surface area (Å²) in [6.07, 6.45) is 0. The Balaban J connectivity index is 1.79. The summed E-state index contributed by atoms with van der Waals surface area (Å²) in [4.78, 5) is 4.54. The van der Waals surface area contributed by atoms with E-state index >= 15 is 0 Å². The molecule has 3 N–H and O–H groups in total. The van der Waals surface area contributed by atoms with Crippen molar-refractivity contribution in [2.45, 2.75) is 20.8 Å². The van der Waals surface area contributed by atoms with Gasteiger partial charge in [-0.15, -0.1) is 0 Å². The van der Waals surface area contributed by atoms with Crippen molar-refractivity contribution in [3.63, 3.8) is 0 Å². The molecular weight excluding hydrogens is 364 g/mol. The predicted octanol–water partition coefficient (Wildman–Crippen LogP) is 5.89. The Kier molecular flexibility index (Phi) is 6.40. The van der Waals surface area contributed by atoms with E-state index in [1.165, 1.54) is 16.7 Å². The van der Waals surface area contributed by atoms with Gasteiger partial charge in [0, 0.05) is 17.1 Å². The van der Waals surface area contributed by atoms with Gasteiger partial charge in [-0.2, -0.15) is 4.99 Å². The molecule has 3 rings (SSSR count). The van der Waals surface area contributed by atoms with Crippen LogP contribution in [0.1, 0.15) is 16.7 Å². The molecule has 3 aromatic rings. The first-order chi connectivity index (χ1) is 13.5. The maximum Gasteiger partial charge on any atom is 0.207 e. The molecule has 0 bridgehead atoms. The summed E-state index contributed by atoms with van der Waals surface area (Å²) in [5.41, 5.74) is 6.37. The van der Waals surface area contributed by atoms with Gasteiger partial charge in [-0.25, -0.2) is 0 Å². The normalized spacial score (nSPS) is 10.1. The lowest BCUT2D eigenvalue weighted by atomic mass is 10.2. The molecule has 0 saturated carbocycles. The molecule has 0 aromatic heterocycles. The van der Waals surface area contributed by atoms with Crippen molar-refractivity contribution >= 4 is 40.4 Å². The third-order valence-electron chi connectivity index (χ3n) is 4.14. The molecule has 0 aliphatic rings. The Morgan fingerprint density at radius 1 is 0.571 bits per heavy atom. The van der Waals surface area contributed by atoms with E-state index in [1.54, 1.807) is 0 Å². The Hall–Kier alpha value is -3.18. The molecule has 0 spiro atoms. The first-order valence-electron chi connectivity index (χ1n) is 9.12. The number of nitrogens with one attached hydrogen (secondary N) is 3. The molecule has 0 saturated heterocycles. The van der Waals surface area contributed by atoms with Crippen molar-refractivity contribution in [2.24, 2.45) is 4.99 Å².